The fraction of sp³-hybridized carbons (Fsp3) is 0.444. The summed E-state index contributed by atoms with van der Waals surface area (Å²) in [6.45, 7) is 8.28. The first-order valence-corrected chi connectivity index (χ1v) is 9.14. The molecule has 0 fully saturated rings. The van der Waals surface area contributed by atoms with Gasteiger partial charge in [-0.05, 0) is 50.5 Å². The van der Waals surface area contributed by atoms with E-state index in [0.717, 1.165) is 53.7 Å². The Hall–Kier alpha value is -1.22. The molecule has 2 aromatic rings. The molecule has 1 aromatic carbocycles. The Morgan fingerprint density at radius 3 is 2.68 bits per heavy atom. The number of nitrogens with one attached hydrogen (secondary N) is 2. The summed E-state index contributed by atoms with van der Waals surface area (Å²) in [5.41, 5.74) is 3.23. The van der Waals surface area contributed by atoms with Crippen molar-refractivity contribution in [2.24, 2.45) is 4.99 Å². The van der Waals surface area contributed by atoms with Crippen molar-refractivity contribution in [3.63, 3.8) is 0 Å². The van der Waals surface area contributed by atoms with Crippen LogP contribution >= 0.6 is 35.3 Å². The van der Waals surface area contributed by atoms with Crippen molar-refractivity contribution in [3.05, 3.63) is 51.2 Å². The van der Waals surface area contributed by atoms with Gasteiger partial charge in [0.2, 0.25) is 0 Å². The van der Waals surface area contributed by atoms with E-state index in [-0.39, 0.29) is 29.8 Å². The molecule has 1 aromatic heterocycles. The topological polar surface area (TPSA) is 49.3 Å². The molecule has 0 aliphatic rings. The van der Waals surface area contributed by atoms with E-state index in [1.807, 2.05) is 26.8 Å². The normalized spacial score (nSPS) is 11.1. The molecule has 138 valence electrons. The highest BCUT2D eigenvalue weighted by Gasteiger charge is 2.02. The van der Waals surface area contributed by atoms with E-state index in [2.05, 4.69) is 26.0 Å². The number of halogens is 2. The third kappa shape index (κ3) is 7.68. The van der Waals surface area contributed by atoms with Crippen LogP contribution in [0.1, 0.15) is 28.8 Å². The van der Waals surface area contributed by atoms with Crippen LogP contribution in [0.3, 0.4) is 0 Å². The van der Waals surface area contributed by atoms with Crippen LogP contribution in [0.25, 0.3) is 0 Å². The SMILES string of the molecule is CCNC(=NCCc1csc(C)n1)NCCc1ccc(F)cc1C.I. The van der Waals surface area contributed by atoms with Gasteiger partial charge in [-0.25, -0.2) is 9.37 Å². The van der Waals surface area contributed by atoms with Gasteiger partial charge in [-0.1, -0.05) is 6.07 Å². The van der Waals surface area contributed by atoms with E-state index in [1.165, 1.54) is 6.07 Å². The van der Waals surface area contributed by atoms with E-state index in [9.17, 15) is 4.39 Å². The minimum Gasteiger partial charge on any atom is -0.357 e. The second-order valence-electron chi connectivity index (χ2n) is 5.62. The molecule has 0 unspecified atom stereocenters. The molecule has 0 saturated heterocycles. The molecule has 0 aliphatic carbocycles. The van der Waals surface area contributed by atoms with E-state index in [0.29, 0.717) is 6.54 Å². The molecule has 0 aliphatic heterocycles. The van der Waals surface area contributed by atoms with Gasteiger partial charge >= 0.3 is 0 Å². The van der Waals surface area contributed by atoms with Crippen molar-refractivity contribution in [3.8, 4) is 0 Å². The average Bonchev–Trinajstić information content (AvgIpc) is 2.95. The molecule has 4 nitrogen and oxygen atoms in total. The molecule has 1 heterocycles. The summed E-state index contributed by atoms with van der Waals surface area (Å²) in [5, 5.41) is 9.75. The number of rotatable bonds is 7. The predicted molar refractivity (Wildman–Crippen MR) is 115 cm³/mol. The number of aliphatic imine (C=N–C) groups is 1. The van der Waals surface area contributed by atoms with Crippen LogP contribution in [-0.4, -0.2) is 30.6 Å². The fourth-order valence-electron chi connectivity index (χ4n) is 2.40. The summed E-state index contributed by atoms with van der Waals surface area (Å²) >= 11 is 1.67. The number of thiazole rings is 1. The van der Waals surface area contributed by atoms with Gasteiger partial charge in [-0.15, -0.1) is 35.3 Å². The Labute approximate surface area is 170 Å². The first-order valence-electron chi connectivity index (χ1n) is 8.26. The largest absolute Gasteiger partial charge is 0.357 e. The van der Waals surface area contributed by atoms with Gasteiger partial charge in [0.1, 0.15) is 5.82 Å². The van der Waals surface area contributed by atoms with Gasteiger partial charge in [0, 0.05) is 31.4 Å². The van der Waals surface area contributed by atoms with Crippen LogP contribution in [0.5, 0.6) is 0 Å². The summed E-state index contributed by atoms with van der Waals surface area (Å²) in [4.78, 5) is 9.03. The molecule has 25 heavy (non-hydrogen) atoms. The highest BCUT2D eigenvalue weighted by atomic mass is 127. The summed E-state index contributed by atoms with van der Waals surface area (Å²) in [5.74, 6) is 0.626. The number of aromatic nitrogens is 1. The van der Waals surface area contributed by atoms with Gasteiger partial charge in [-0.2, -0.15) is 0 Å². The standard InChI is InChI=1S/C18H25FN4S.HI/c1-4-20-18(22-10-8-17-12-24-14(3)23-17)21-9-7-15-5-6-16(19)11-13(15)2;/h5-6,11-12H,4,7-10H2,1-3H3,(H2,20,21,22);1H. The second-order valence-corrected chi connectivity index (χ2v) is 6.68. The summed E-state index contributed by atoms with van der Waals surface area (Å²) in [6, 6.07) is 4.93. The number of nitrogens with zero attached hydrogens (tertiary/aromatic N) is 2. The van der Waals surface area contributed by atoms with Crippen molar-refractivity contribution >= 4 is 41.3 Å². The maximum absolute atomic E-state index is 13.1. The van der Waals surface area contributed by atoms with Crippen LogP contribution in [0, 0.1) is 19.7 Å². The maximum atomic E-state index is 13.1. The molecular weight excluding hydrogens is 450 g/mol. The lowest BCUT2D eigenvalue weighted by Gasteiger charge is -2.12. The zero-order valence-corrected chi connectivity index (χ0v) is 18.1. The number of hydrogen-bond acceptors (Lipinski definition) is 3. The zero-order valence-electron chi connectivity index (χ0n) is 14.9. The molecule has 0 radical (unpaired) electrons. The third-order valence-corrected chi connectivity index (χ3v) is 4.46. The lowest BCUT2D eigenvalue weighted by molar-refractivity contribution is 0.625. The van der Waals surface area contributed by atoms with E-state index in [1.54, 1.807) is 17.4 Å². The number of benzene rings is 1. The number of aryl methyl sites for hydroxylation is 2. The van der Waals surface area contributed by atoms with Crippen molar-refractivity contribution in [1.29, 1.82) is 0 Å². The van der Waals surface area contributed by atoms with Crippen LogP contribution in [0.4, 0.5) is 4.39 Å². The van der Waals surface area contributed by atoms with Crippen LogP contribution < -0.4 is 10.6 Å². The van der Waals surface area contributed by atoms with Gasteiger partial charge in [-0.3, -0.25) is 4.99 Å². The van der Waals surface area contributed by atoms with Crippen molar-refractivity contribution in [2.45, 2.75) is 33.6 Å². The van der Waals surface area contributed by atoms with E-state index < -0.39 is 0 Å². The molecule has 0 bridgehead atoms. The molecule has 0 amide bonds. The Morgan fingerprint density at radius 1 is 1.24 bits per heavy atom. The quantitative estimate of drug-likeness (QED) is 0.363. The lowest BCUT2D eigenvalue weighted by Crippen LogP contribution is -2.38. The predicted octanol–water partition coefficient (Wildman–Crippen LogP) is 3.86. The molecule has 0 saturated carbocycles. The first-order chi connectivity index (χ1) is 11.6. The van der Waals surface area contributed by atoms with Gasteiger partial charge in [0.15, 0.2) is 5.96 Å². The fourth-order valence-corrected chi connectivity index (χ4v) is 3.05. The summed E-state index contributed by atoms with van der Waals surface area (Å²) in [6.07, 6.45) is 1.68. The number of hydrogen-bond donors (Lipinski definition) is 2. The van der Waals surface area contributed by atoms with Gasteiger partial charge in [0.25, 0.3) is 0 Å². The van der Waals surface area contributed by atoms with Crippen LogP contribution in [0.15, 0.2) is 28.6 Å². The van der Waals surface area contributed by atoms with Crippen LogP contribution in [-0.2, 0) is 12.8 Å². The summed E-state index contributed by atoms with van der Waals surface area (Å²) in [7, 11) is 0. The van der Waals surface area contributed by atoms with E-state index in [4.69, 9.17) is 0 Å². The van der Waals surface area contributed by atoms with Crippen molar-refractivity contribution in [1.82, 2.24) is 15.6 Å². The Morgan fingerprint density at radius 2 is 2.04 bits per heavy atom. The monoisotopic (exact) mass is 476 g/mol. The minimum atomic E-state index is -0.184. The molecule has 0 spiro atoms. The highest BCUT2D eigenvalue weighted by Crippen LogP contribution is 2.10. The molecule has 0 atom stereocenters. The Bertz CT molecular complexity index is 687. The zero-order chi connectivity index (χ0) is 17.4. The Balaban J connectivity index is 0.00000312. The van der Waals surface area contributed by atoms with Gasteiger partial charge < -0.3 is 10.6 Å². The van der Waals surface area contributed by atoms with Crippen molar-refractivity contribution in [2.75, 3.05) is 19.6 Å². The maximum Gasteiger partial charge on any atom is 0.191 e. The Kier molecular flexibility index (Phi) is 9.96. The highest BCUT2D eigenvalue weighted by molar-refractivity contribution is 14.0. The molecular formula is C18H26FIN4S. The molecule has 7 heteroatoms. The van der Waals surface area contributed by atoms with Crippen molar-refractivity contribution < 1.29 is 4.39 Å². The lowest BCUT2D eigenvalue weighted by atomic mass is 10.1. The van der Waals surface area contributed by atoms with Gasteiger partial charge in [0.05, 0.1) is 10.7 Å². The first kappa shape index (κ1) is 21.8. The van der Waals surface area contributed by atoms with E-state index >= 15 is 0 Å². The smallest absolute Gasteiger partial charge is 0.191 e. The van der Waals surface area contributed by atoms with Crippen LogP contribution in [0.2, 0.25) is 0 Å². The number of guanidine groups is 1. The average molecular weight is 476 g/mol. The minimum absolute atomic E-state index is 0. The molecule has 2 N–H and O–H groups in total. The summed E-state index contributed by atoms with van der Waals surface area (Å²) < 4.78 is 13.1. The second kappa shape index (κ2) is 11.4. The third-order valence-electron chi connectivity index (χ3n) is 3.64. The molecule has 2 rings (SSSR count).